The summed E-state index contributed by atoms with van der Waals surface area (Å²) >= 11 is 0. The number of hydrogen-bond acceptors (Lipinski definition) is 5. The number of amides is 1. The molecule has 6 nitrogen and oxygen atoms in total. The third-order valence-corrected chi connectivity index (χ3v) is 3.36. The van der Waals surface area contributed by atoms with Crippen LogP contribution in [0, 0.1) is 0 Å². The Labute approximate surface area is 121 Å². The lowest BCUT2D eigenvalue weighted by molar-refractivity contribution is -0.121. The van der Waals surface area contributed by atoms with Gasteiger partial charge < -0.3 is 25.2 Å². The highest BCUT2D eigenvalue weighted by Gasteiger charge is 2.16. The van der Waals surface area contributed by atoms with Crippen LogP contribution in [-0.2, 0) is 14.3 Å². The van der Waals surface area contributed by atoms with E-state index in [4.69, 9.17) is 9.47 Å². The zero-order chi connectivity index (χ0) is 14.6. The van der Waals surface area contributed by atoms with Crippen LogP contribution in [-0.4, -0.2) is 63.2 Å². The molecule has 1 aliphatic carbocycles. The molecular weight excluding hydrogens is 260 g/mol. The van der Waals surface area contributed by atoms with Gasteiger partial charge in [-0.2, -0.15) is 0 Å². The van der Waals surface area contributed by atoms with Crippen molar-refractivity contribution < 1.29 is 19.4 Å². The van der Waals surface area contributed by atoms with Crippen LogP contribution >= 0.6 is 0 Å². The van der Waals surface area contributed by atoms with Gasteiger partial charge in [-0.1, -0.05) is 12.8 Å². The first kappa shape index (κ1) is 17.4. The standard InChI is InChI=1S/C14H28N2O4/c1-19-9-8-16-14(18)6-7-15-10-12(17)11-20-13-4-2-3-5-13/h12-13,15,17H,2-11H2,1H3,(H,16,18). The number of rotatable bonds is 11. The molecule has 0 radical (unpaired) electrons. The molecule has 0 heterocycles. The topological polar surface area (TPSA) is 79.8 Å². The minimum atomic E-state index is -0.507. The van der Waals surface area contributed by atoms with E-state index in [0.29, 0.717) is 45.4 Å². The second-order valence-electron chi connectivity index (χ2n) is 5.19. The van der Waals surface area contributed by atoms with E-state index in [1.807, 2.05) is 0 Å². The summed E-state index contributed by atoms with van der Waals surface area (Å²) in [5.41, 5.74) is 0. The number of aliphatic hydroxyl groups is 1. The van der Waals surface area contributed by atoms with Crippen LogP contribution in [0.4, 0.5) is 0 Å². The number of ether oxygens (including phenoxy) is 2. The Morgan fingerprint density at radius 1 is 1.35 bits per heavy atom. The monoisotopic (exact) mass is 288 g/mol. The number of nitrogens with one attached hydrogen (secondary N) is 2. The molecule has 0 bridgehead atoms. The lowest BCUT2D eigenvalue weighted by Gasteiger charge is -2.16. The molecule has 0 saturated heterocycles. The van der Waals surface area contributed by atoms with E-state index in [-0.39, 0.29) is 5.91 Å². The molecule has 1 aliphatic rings. The van der Waals surface area contributed by atoms with Crippen molar-refractivity contribution in [2.45, 2.75) is 44.3 Å². The number of carbonyl (C=O) groups is 1. The van der Waals surface area contributed by atoms with Gasteiger partial charge in [-0.05, 0) is 12.8 Å². The summed E-state index contributed by atoms with van der Waals surface area (Å²) in [6.07, 6.45) is 4.92. The van der Waals surface area contributed by atoms with Crippen LogP contribution in [0.15, 0.2) is 0 Å². The molecule has 0 aliphatic heterocycles. The van der Waals surface area contributed by atoms with Crippen molar-refractivity contribution in [1.29, 1.82) is 0 Å². The highest BCUT2D eigenvalue weighted by molar-refractivity contribution is 5.75. The second kappa shape index (κ2) is 11.0. The molecule has 6 heteroatoms. The summed E-state index contributed by atoms with van der Waals surface area (Å²) in [6.45, 7) is 2.44. The van der Waals surface area contributed by atoms with Crippen LogP contribution in [0.25, 0.3) is 0 Å². The highest BCUT2D eigenvalue weighted by Crippen LogP contribution is 2.20. The molecule has 0 aromatic rings. The molecule has 0 aromatic carbocycles. The molecule has 1 unspecified atom stereocenters. The molecule has 0 aromatic heterocycles. The van der Waals surface area contributed by atoms with Crippen LogP contribution in [0.5, 0.6) is 0 Å². The van der Waals surface area contributed by atoms with E-state index in [9.17, 15) is 9.90 Å². The van der Waals surface area contributed by atoms with Crippen LogP contribution in [0.2, 0.25) is 0 Å². The van der Waals surface area contributed by atoms with Crippen molar-refractivity contribution >= 4 is 5.91 Å². The minimum absolute atomic E-state index is 0.00811. The van der Waals surface area contributed by atoms with Crippen molar-refractivity contribution in [1.82, 2.24) is 10.6 Å². The number of aliphatic hydroxyl groups excluding tert-OH is 1. The Morgan fingerprint density at radius 2 is 2.10 bits per heavy atom. The zero-order valence-corrected chi connectivity index (χ0v) is 12.4. The van der Waals surface area contributed by atoms with Gasteiger partial charge in [0.15, 0.2) is 0 Å². The van der Waals surface area contributed by atoms with Gasteiger partial charge in [-0.25, -0.2) is 0 Å². The Balaban J connectivity index is 1.90. The van der Waals surface area contributed by atoms with Gasteiger partial charge in [0.1, 0.15) is 0 Å². The summed E-state index contributed by atoms with van der Waals surface area (Å²) in [6, 6.07) is 0. The van der Waals surface area contributed by atoms with Crippen molar-refractivity contribution in [2.24, 2.45) is 0 Å². The number of hydrogen-bond donors (Lipinski definition) is 3. The van der Waals surface area contributed by atoms with Crippen LogP contribution in [0.3, 0.4) is 0 Å². The molecule has 118 valence electrons. The minimum Gasteiger partial charge on any atom is -0.389 e. The summed E-state index contributed by atoms with van der Waals surface area (Å²) < 4.78 is 10.5. The highest BCUT2D eigenvalue weighted by atomic mass is 16.5. The van der Waals surface area contributed by atoms with Crippen molar-refractivity contribution in [2.75, 3.05) is 40.0 Å². The largest absolute Gasteiger partial charge is 0.389 e. The van der Waals surface area contributed by atoms with Gasteiger partial charge in [-0.15, -0.1) is 0 Å². The molecule has 0 spiro atoms. The van der Waals surface area contributed by atoms with E-state index >= 15 is 0 Å². The summed E-state index contributed by atoms with van der Waals surface area (Å²) in [4.78, 5) is 11.4. The lowest BCUT2D eigenvalue weighted by Crippen LogP contribution is -2.35. The van der Waals surface area contributed by atoms with Crippen molar-refractivity contribution in [3.05, 3.63) is 0 Å². The maximum absolute atomic E-state index is 11.4. The average Bonchev–Trinajstić information content (AvgIpc) is 2.95. The first-order chi connectivity index (χ1) is 9.72. The molecule has 1 amide bonds. The maximum Gasteiger partial charge on any atom is 0.221 e. The van der Waals surface area contributed by atoms with Gasteiger partial charge in [0, 0.05) is 33.2 Å². The second-order valence-corrected chi connectivity index (χ2v) is 5.19. The Morgan fingerprint density at radius 3 is 2.80 bits per heavy atom. The Kier molecular flexibility index (Phi) is 9.57. The fraction of sp³-hybridized carbons (Fsp3) is 0.929. The van der Waals surface area contributed by atoms with E-state index in [0.717, 1.165) is 12.8 Å². The smallest absolute Gasteiger partial charge is 0.221 e. The van der Waals surface area contributed by atoms with Gasteiger partial charge >= 0.3 is 0 Å². The number of methoxy groups -OCH3 is 1. The summed E-state index contributed by atoms with van der Waals surface area (Å²) in [5, 5.41) is 15.5. The van der Waals surface area contributed by atoms with E-state index in [1.54, 1.807) is 7.11 Å². The van der Waals surface area contributed by atoms with Gasteiger partial charge in [-0.3, -0.25) is 4.79 Å². The molecule has 1 saturated carbocycles. The molecule has 1 atom stereocenters. The van der Waals surface area contributed by atoms with Crippen LogP contribution in [0.1, 0.15) is 32.1 Å². The Hall–Kier alpha value is -0.690. The van der Waals surface area contributed by atoms with Gasteiger partial charge in [0.2, 0.25) is 5.91 Å². The van der Waals surface area contributed by atoms with E-state index in [2.05, 4.69) is 10.6 Å². The van der Waals surface area contributed by atoms with Crippen molar-refractivity contribution in [3.8, 4) is 0 Å². The molecule has 20 heavy (non-hydrogen) atoms. The van der Waals surface area contributed by atoms with Crippen molar-refractivity contribution in [3.63, 3.8) is 0 Å². The zero-order valence-electron chi connectivity index (χ0n) is 12.4. The predicted molar refractivity (Wildman–Crippen MR) is 76.6 cm³/mol. The van der Waals surface area contributed by atoms with Crippen LogP contribution < -0.4 is 10.6 Å². The molecule has 1 rings (SSSR count). The van der Waals surface area contributed by atoms with E-state index in [1.165, 1.54) is 12.8 Å². The summed E-state index contributed by atoms with van der Waals surface area (Å²) in [5.74, 6) is -0.00811. The Bertz CT molecular complexity index is 258. The third kappa shape index (κ3) is 8.47. The fourth-order valence-electron chi connectivity index (χ4n) is 2.21. The lowest BCUT2D eigenvalue weighted by atomic mass is 10.3. The average molecular weight is 288 g/mol. The molecule has 1 fully saturated rings. The first-order valence-corrected chi connectivity index (χ1v) is 7.48. The van der Waals surface area contributed by atoms with Gasteiger partial charge in [0.05, 0.1) is 25.4 Å². The first-order valence-electron chi connectivity index (χ1n) is 7.48. The van der Waals surface area contributed by atoms with E-state index < -0.39 is 6.10 Å². The predicted octanol–water partition coefficient (Wildman–Crippen LogP) is 0.0488. The fourth-order valence-corrected chi connectivity index (χ4v) is 2.21. The molecule has 3 N–H and O–H groups in total. The number of carbonyl (C=O) groups excluding carboxylic acids is 1. The quantitative estimate of drug-likeness (QED) is 0.468. The SMILES string of the molecule is COCCNC(=O)CCNCC(O)COC1CCCC1. The maximum atomic E-state index is 11.4. The third-order valence-electron chi connectivity index (χ3n) is 3.36. The molecular formula is C14H28N2O4. The normalized spacial score (nSPS) is 17.3. The summed E-state index contributed by atoms with van der Waals surface area (Å²) in [7, 11) is 1.60. The van der Waals surface area contributed by atoms with Gasteiger partial charge in [0.25, 0.3) is 0 Å².